The Hall–Kier alpha value is -1.89. The SMILES string of the molecule is CO[P+]1(OC(O)(O)C2CCC(n3cc(Cl)c(=O)[nH]c3=O)O2)OCc2cc(F)ccc2O1. The fourth-order valence-corrected chi connectivity index (χ4v) is 4.93. The minimum atomic E-state index is -3.75. The second kappa shape index (κ2) is 8.23. The van der Waals surface area contributed by atoms with E-state index in [0.717, 1.165) is 16.8 Å². The molecule has 0 bridgehead atoms. The number of hydrogen-bond acceptors (Lipinski definition) is 9. The van der Waals surface area contributed by atoms with E-state index in [4.69, 9.17) is 34.4 Å². The van der Waals surface area contributed by atoms with Gasteiger partial charge in [-0.25, -0.2) is 9.18 Å². The van der Waals surface area contributed by atoms with E-state index in [0.29, 0.717) is 5.56 Å². The van der Waals surface area contributed by atoms with Crippen molar-refractivity contribution in [3.8, 4) is 5.75 Å². The van der Waals surface area contributed by atoms with Crippen molar-refractivity contribution in [1.29, 1.82) is 0 Å². The Morgan fingerprint density at radius 3 is 2.87 bits per heavy atom. The van der Waals surface area contributed by atoms with E-state index in [1.54, 1.807) is 0 Å². The lowest BCUT2D eigenvalue weighted by molar-refractivity contribution is -0.352. The molecular formula is C17H18ClFN2O9P+. The van der Waals surface area contributed by atoms with E-state index < -0.39 is 43.5 Å². The molecule has 168 valence electrons. The topological polar surface area (TPSA) is 141 Å². The monoisotopic (exact) mass is 479 g/mol. The molecule has 2 aliphatic rings. The van der Waals surface area contributed by atoms with Crippen molar-refractivity contribution in [3.63, 3.8) is 0 Å². The summed E-state index contributed by atoms with van der Waals surface area (Å²) in [5.74, 6) is -3.21. The van der Waals surface area contributed by atoms with Crippen LogP contribution in [-0.2, 0) is 24.9 Å². The first kappa shape index (κ1) is 22.3. The molecule has 14 heteroatoms. The smallest absolute Gasteiger partial charge is 0.346 e. The highest BCUT2D eigenvalue weighted by molar-refractivity contribution is 7.56. The van der Waals surface area contributed by atoms with Gasteiger partial charge in [-0.1, -0.05) is 16.1 Å². The van der Waals surface area contributed by atoms with Crippen LogP contribution in [0.2, 0.25) is 5.02 Å². The number of rotatable bonds is 5. The number of nitrogens with zero attached hydrogens (tertiary/aromatic N) is 1. The molecule has 3 unspecified atom stereocenters. The maximum absolute atomic E-state index is 13.4. The normalized spacial score (nSPS) is 25.8. The van der Waals surface area contributed by atoms with E-state index in [2.05, 4.69) is 0 Å². The van der Waals surface area contributed by atoms with Crippen LogP contribution in [0.5, 0.6) is 5.75 Å². The van der Waals surface area contributed by atoms with Gasteiger partial charge in [0.1, 0.15) is 29.8 Å². The summed E-state index contributed by atoms with van der Waals surface area (Å²) in [6.45, 7) is -0.149. The molecule has 3 heterocycles. The Morgan fingerprint density at radius 2 is 2.13 bits per heavy atom. The first-order valence-corrected chi connectivity index (χ1v) is 10.9. The number of aromatic nitrogens is 2. The molecule has 11 nitrogen and oxygen atoms in total. The molecule has 0 aliphatic carbocycles. The summed E-state index contributed by atoms with van der Waals surface area (Å²) < 4.78 is 41.5. The van der Waals surface area contributed by atoms with Gasteiger partial charge < -0.3 is 14.9 Å². The molecule has 1 aromatic heterocycles. The summed E-state index contributed by atoms with van der Waals surface area (Å²) in [5, 5.41) is 20.9. The zero-order valence-corrected chi connectivity index (χ0v) is 17.6. The molecule has 1 aromatic carbocycles. The minimum Gasteiger partial charge on any atom is -0.346 e. The number of aromatic amines is 1. The number of ether oxygens (including phenoxy) is 1. The Morgan fingerprint density at radius 1 is 1.35 bits per heavy atom. The largest absolute Gasteiger partial charge is 0.627 e. The Balaban J connectivity index is 1.51. The summed E-state index contributed by atoms with van der Waals surface area (Å²) in [5.41, 5.74) is -1.13. The van der Waals surface area contributed by atoms with E-state index >= 15 is 0 Å². The van der Waals surface area contributed by atoms with Crippen LogP contribution in [-0.4, -0.2) is 39.0 Å². The summed E-state index contributed by atoms with van der Waals surface area (Å²) >= 11 is 5.76. The molecule has 0 amide bonds. The van der Waals surface area contributed by atoms with Crippen LogP contribution in [0, 0.1) is 5.82 Å². The second-order valence-corrected chi connectivity index (χ2v) is 9.09. The van der Waals surface area contributed by atoms with Crippen molar-refractivity contribution >= 4 is 19.8 Å². The number of halogens is 2. The van der Waals surface area contributed by atoms with Crippen molar-refractivity contribution in [1.82, 2.24) is 9.55 Å². The maximum atomic E-state index is 13.4. The molecule has 0 spiro atoms. The standard InChI is InChI=1S/C17H17ClFN2O9P/c1-26-31(27-8-9-6-10(19)2-3-12(9)29-31)30-17(24,25)13-4-5-14(28-13)21-7-11(18)15(22)20-16(21)23/h2-3,6-7,13-14,24-25H,4-5,8H2,1H3/p+1. The lowest BCUT2D eigenvalue weighted by Gasteiger charge is -2.30. The van der Waals surface area contributed by atoms with E-state index in [1.165, 1.54) is 19.2 Å². The van der Waals surface area contributed by atoms with Gasteiger partial charge in [-0.05, 0) is 31.0 Å². The zero-order valence-electron chi connectivity index (χ0n) is 16.0. The van der Waals surface area contributed by atoms with Crippen LogP contribution in [0.15, 0.2) is 34.0 Å². The number of aliphatic hydroxyl groups is 2. The lowest BCUT2D eigenvalue weighted by Crippen LogP contribution is -2.46. The van der Waals surface area contributed by atoms with Crippen LogP contribution >= 0.6 is 19.8 Å². The third-order valence-electron chi connectivity index (χ3n) is 4.73. The minimum absolute atomic E-state index is 0.0619. The molecule has 0 radical (unpaired) electrons. The van der Waals surface area contributed by atoms with Crippen molar-refractivity contribution in [2.75, 3.05) is 7.11 Å². The molecule has 1 fully saturated rings. The van der Waals surface area contributed by atoms with Crippen LogP contribution < -0.4 is 15.8 Å². The van der Waals surface area contributed by atoms with E-state index in [9.17, 15) is 24.2 Å². The number of fused-ring (bicyclic) bond motifs is 1. The quantitative estimate of drug-likeness (QED) is 0.430. The molecule has 3 atom stereocenters. The van der Waals surface area contributed by atoms with Crippen LogP contribution in [0.25, 0.3) is 0 Å². The molecular weight excluding hydrogens is 462 g/mol. The van der Waals surface area contributed by atoms with Gasteiger partial charge >= 0.3 is 19.8 Å². The van der Waals surface area contributed by atoms with Crippen molar-refractivity contribution in [3.05, 3.63) is 61.6 Å². The summed E-state index contributed by atoms with van der Waals surface area (Å²) in [4.78, 5) is 25.5. The Labute approximate surface area is 179 Å². The van der Waals surface area contributed by atoms with Crippen molar-refractivity contribution in [2.24, 2.45) is 0 Å². The number of hydrogen-bond donors (Lipinski definition) is 3. The fourth-order valence-electron chi connectivity index (χ4n) is 3.22. The number of H-pyrrole nitrogens is 1. The molecule has 2 aliphatic heterocycles. The van der Waals surface area contributed by atoms with Crippen LogP contribution in [0.1, 0.15) is 24.6 Å². The molecule has 3 N–H and O–H groups in total. The number of benzene rings is 1. The van der Waals surface area contributed by atoms with Gasteiger partial charge in [0.15, 0.2) is 5.75 Å². The number of nitrogens with one attached hydrogen (secondary N) is 1. The van der Waals surface area contributed by atoms with Crippen LogP contribution in [0.3, 0.4) is 0 Å². The van der Waals surface area contributed by atoms with E-state index in [-0.39, 0.29) is 30.2 Å². The third-order valence-corrected chi connectivity index (χ3v) is 6.81. The molecule has 1 saturated heterocycles. The van der Waals surface area contributed by atoms with Gasteiger partial charge in [0, 0.05) is 11.8 Å². The molecule has 0 saturated carbocycles. The molecule has 31 heavy (non-hydrogen) atoms. The molecule has 2 aromatic rings. The highest BCUT2D eigenvalue weighted by Gasteiger charge is 2.62. The van der Waals surface area contributed by atoms with Gasteiger partial charge in [0.25, 0.3) is 5.56 Å². The predicted molar refractivity (Wildman–Crippen MR) is 103 cm³/mol. The third kappa shape index (κ3) is 4.38. The van der Waals surface area contributed by atoms with Crippen molar-refractivity contribution in [2.45, 2.75) is 37.8 Å². The first-order chi connectivity index (χ1) is 14.6. The highest BCUT2D eigenvalue weighted by Crippen LogP contribution is 2.67. The van der Waals surface area contributed by atoms with Gasteiger partial charge in [0.2, 0.25) is 0 Å². The predicted octanol–water partition coefficient (Wildman–Crippen LogP) is 1.59. The Kier molecular flexibility index (Phi) is 5.92. The van der Waals surface area contributed by atoms with Gasteiger partial charge in [-0.2, -0.15) is 0 Å². The van der Waals surface area contributed by atoms with Crippen LogP contribution in [0.4, 0.5) is 4.39 Å². The van der Waals surface area contributed by atoms with Gasteiger partial charge in [-0.15, -0.1) is 9.05 Å². The average Bonchev–Trinajstić information content (AvgIpc) is 3.22. The summed E-state index contributed by atoms with van der Waals surface area (Å²) in [6.07, 6.45) is -0.930. The highest BCUT2D eigenvalue weighted by atomic mass is 35.5. The summed E-state index contributed by atoms with van der Waals surface area (Å²) in [6, 6.07) is 3.72. The van der Waals surface area contributed by atoms with Gasteiger partial charge in [-0.3, -0.25) is 18.9 Å². The molecule has 4 rings (SSSR count). The van der Waals surface area contributed by atoms with Crippen molar-refractivity contribution < 1.29 is 37.4 Å². The fraction of sp³-hybridized carbons (Fsp3) is 0.412. The van der Waals surface area contributed by atoms with Gasteiger partial charge in [0.05, 0.1) is 7.11 Å². The zero-order chi connectivity index (χ0) is 22.4. The lowest BCUT2D eigenvalue weighted by atomic mass is 10.2. The second-order valence-electron chi connectivity index (χ2n) is 6.80. The maximum Gasteiger partial charge on any atom is 0.627 e. The summed E-state index contributed by atoms with van der Waals surface area (Å²) in [7, 11) is -2.55. The Bertz CT molecular complexity index is 1110. The first-order valence-electron chi connectivity index (χ1n) is 9.02. The van der Waals surface area contributed by atoms with E-state index in [1.807, 2.05) is 4.98 Å². The average molecular weight is 480 g/mol.